The van der Waals surface area contributed by atoms with Crippen molar-refractivity contribution in [1.29, 1.82) is 0 Å². The predicted molar refractivity (Wildman–Crippen MR) is 77.9 cm³/mol. The normalized spacial score (nSPS) is 10.5. The quantitative estimate of drug-likeness (QED) is 0.922. The molecule has 1 N–H and O–H groups in total. The highest BCUT2D eigenvalue weighted by Gasteiger charge is 2.07. The van der Waals surface area contributed by atoms with Crippen molar-refractivity contribution in [2.75, 3.05) is 12.4 Å². The Hall–Kier alpha value is -0.870. The SMILES string of the molecule is CNc1nc(Br)c(CCc2ccc(C)cc2)s1. The summed E-state index contributed by atoms with van der Waals surface area (Å²) in [7, 11) is 1.90. The van der Waals surface area contributed by atoms with Crippen LogP contribution >= 0.6 is 27.3 Å². The first-order valence-corrected chi connectivity index (χ1v) is 7.18. The summed E-state index contributed by atoms with van der Waals surface area (Å²) in [6, 6.07) is 8.72. The largest absolute Gasteiger partial charge is 0.365 e. The summed E-state index contributed by atoms with van der Waals surface area (Å²) in [5.41, 5.74) is 2.69. The lowest BCUT2D eigenvalue weighted by molar-refractivity contribution is 0.968. The predicted octanol–water partition coefficient (Wildman–Crippen LogP) is 4.04. The topological polar surface area (TPSA) is 24.9 Å². The molecule has 17 heavy (non-hydrogen) atoms. The van der Waals surface area contributed by atoms with E-state index in [4.69, 9.17) is 0 Å². The number of rotatable bonds is 4. The molecule has 0 aliphatic heterocycles. The Morgan fingerprint density at radius 1 is 1.24 bits per heavy atom. The molecule has 0 amide bonds. The molecular formula is C13H15BrN2S. The molecule has 0 spiro atoms. The van der Waals surface area contributed by atoms with Gasteiger partial charge in [-0.2, -0.15) is 0 Å². The maximum atomic E-state index is 4.38. The van der Waals surface area contributed by atoms with Crippen molar-refractivity contribution in [2.24, 2.45) is 0 Å². The van der Waals surface area contributed by atoms with Crippen molar-refractivity contribution in [3.63, 3.8) is 0 Å². The number of nitrogens with zero attached hydrogens (tertiary/aromatic N) is 1. The van der Waals surface area contributed by atoms with Gasteiger partial charge in [-0.3, -0.25) is 0 Å². The van der Waals surface area contributed by atoms with Gasteiger partial charge >= 0.3 is 0 Å². The summed E-state index contributed by atoms with van der Waals surface area (Å²) < 4.78 is 0.971. The van der Waals surface area contributed by atoms with Gasteiger partial charge in [-0.25, -0.2) is 4.98 Å². The molecule has 2 nitrogen and oxygen atoms in total. The number of thiazole rings is 1. The number of hydrogen-bond acceptors (Lipinski definition) is 3. The van der Waals surface area contributed by atoms with E-state index in [9.17, 15) is 0 Å². The number of aromatic nitrogens is 1. The third-order valence-electron chi connectivity index (χ3n) is 2.62. The van der Waals surface area contributed by atoms with Gasteiger partial charge in [0.15, 0.2) is 5.13 Å². The lowest BCUT2D eigenvalue weighted by Gasteiger charge is -2.00. The molecule has 1 aromatic heterocycles. The number of benzene rings is 1. The van der Waals surface area contributed by atoms with Crippen molar-refractivity contribution in [3.05, 3.63) is 44.9 Å². The van der Waals surface area contributed by atoms with Crippen molar-refractivity contribution in [1.82, 2.24) is 4.98 Å². The van der Waals surface area contributed by atoms with E-state index in [1.807, 2.05) is 7.05 Å². The average molecular weight is 311 g/mol. The molecule has 0 fully saturated rings. The summed E-state index contributed by atoms with van der Waals surface area (Å²) >= 11 is 5.22. The van der Waals surface area contributed by atoms with Gasteiger partial charge in [0.25, 0.3) is 0 Å². The summed E-state index contributed by atoms with van der Waals surface area (Å²) in [5, 5.41) is 4.04. The van der Waals surface area contributed by atoms with Gasteiger partial charge < -0.3 is 5.32 Å². The standard InChI is InChI=1S/C13H15BrN2S/c1-9-3-5-10(6-4-9)7-8-11-12(14)16-13(15-2)17-11/h3-6H,7-8H2,1-2H3,(H,15,16). The fraction of sp³-hybridized carbons (Fsp3) is 0.308. The molecule has 90 valence electrons. The van der Waals surface area contributed by atoms with Gasteiger partial charge in [-0.15, -0.1) is 11.3 Å². The van der Waals surface area contributed by atoms with E-state index in [0.29, 0.717) is 0 Å². The highest BCUT2D eigenvalue weighted by atomic mass is 79.9. The lowest BCUT2D eigenvalue weighted by Crippen LogP contribution is -1.89. The van der Waals surface area contributed by atoms with E-state index in [0.717, 1.165) is 22.6 Å². The summed E-state index contributed by atoms with van der Waals surface area (Å²) in [6.07, 6.45) is 2.09. The van der Waals surface area contributed by atoms with Crippen LogP contribution in [0.2, 0.25) is 0 Å². The van der Waals surface area contributed by atoms with Crippen LogP contribution in [-0.2, 0) is 12.8 Å². The fourth-order valence-corrected chi connectivity index (χ4v) is 3.15. The minimum atomic E-state index is 0.968. The first-order valence-electron chi connectivity index (χ1n) is 5.57. The Balaban J connectivity index is 2.01. The van der Waals surface area contributed by atoms with Crippen LogP contribution in [0.5, 0.6) is 0 Å². The van der Waals surface area contributed by atoms with Crippen LogP contribution in [0.25, 0.3) is 0 Å². The van der Waals surface area contributed by atoms with Gasteiger partial charge in [0.1, 0.15) is 4.60 Å². The zero-order valence-corrected chi connectivity index (χ0v) is 12.4. The van der Waals surface area contributed by atoms with Crippen LogP contribution in [0.4, 0.5) is 5.13 Å². The Bertz CT molecular complexity index is 491. The number of halogens is 1. The Labute approximate surface area is 114 Å². The maximum absolute atomic E-state index is 4.38. The van der Waals surface area contributed by atoms with Crippen molar-refractivity contribution < 1.29 is 0 Å². The Kier molecular flexibility index (Phi) is 4.18. The Morgan fingerprint density at radius 3 is 2.53 bits per heavy atom. The minimum Gasteiger partial charge on any atom is -0.365 e. The number of hydrogen-bond donors (Lipinski definition) is 1. The molecule has 0 unspecified atom stereocenters. The van der Waals surface area contributed by atoms with Crippen LogP contribution in [0.1, 0.15) is 16.0 Å². The third kappa shape index (κ3) is 3.30. The summed E-state index contributed by atoms with van der Waals surface area (Å²) in [5.74, 6) is 0. The average Bonchev–Trinajstić information content (AvgIpc) is 2.69. The zero-order chi connectivity index (χ0) is 12.3. The van der Waals surface area contributed by atoms with Crippen LogP contribution < -0.4 is 5.32 Å². The molecule has 4 heteroatoms. The number of aryl methyl sites for hydroxylation is 3. The number of anilines is 1. The van der Waals surface area contributed by atoms with E-state index in [2.05, 4.69) is 57.4 Å². The minimum absolute atomic E-state index is 0.968. The zero-order valence-electron chi connectivity index (χ0n) is 9.96. The van der Waals surface area contributed by atoms with Crippen LogP contribution in [0.3, 0.4) is 0 Å². The molecule has 1 heterocycles. The first kappa shape index (κ1) is 12.6. The van der Waals surface area contributed by atoms with E-state index in [1.54, 1.807) is 11.3 Å². The molecule has 0 aliphatic rings. The van der Waals surface area contributed by atoms with Crippen molar-refractivity contribution in [2.45, 2.75) is 19.8 Å². The Morgan fingerprint density at radius 2 is 1.94 bits per heavy atom. The van der Waals surface area contributed by atoms with Crippen LogP contribution in [-0.4, -0.2) is 12.0 Å². The second-order valence-electron chi connectivity index (χ2n) is 3.97. The molecule has 0 aliphatic carbocycles. The monoisotopic (exact) mass is 310 g/mol. The van der Waals surface area contributed by atoms with Gasteiger partial charge in [-0.1, -0.05) is 29.8 Å². The second kappa shape index (κ2) is 5.65. The number of nitrogens with one attached hydrogen (secondary N) is 1. The molecule has 2 rings (SSSR count). The van der Waals surface area contributed by atoms with Crippen molar-refractivity contribution >= 4 is 32.4 Å². The molecule has 0 radical (unpaired) electrons. The molecule has 0 bridgehead atoms. The highest BCUT2D eigenvalue weighted by molar-refractivity contribution is 9.10. The van der Waals surface area contributed by atoms with Crippen LogP contribution in [0.15, 0.2) is 28.9 Å². The maximum Gasteiger partial charge on any atom is 0.183 e. The van der Waals surface area contributed by atoms with Gasteiger partial charge in [0.2, 0.25) is 0 Å². The second-order valence-corrected chi connectivity index (χ2v) is 5.80. The fourth-order valence-electron chi connectivity index (χ4n) is 1.61. The van der Waals surface area contributed by atoms with Gasteiger partial charge in [0.05, 0.1) is 0 Å². The smallest absolute Gasteiger partial charge is 0.183 e. The molecule has 0 saturated heterocycles. The summed E-state index contributed by atoms with van der Waals surface area (Å²) in [4.78, 5) is 5.68. The molecular weight excluding hydrogens is 296 g/mol. The lowest BCUT2D eigenvalue weighted by atomic mass is 10.1. The van der Waals surface area contributed by atoms with E-state index >= 15 is 0 Å². The van der Waals surface area contributed by atoms with E-state index < -0.39 is 0 Å². The first-order chi connectivity index (χ1) is 8.19. The third-order valence-corrected chi connectivity index (χ3v) is 4.68. The molecule has 0 saturated carbocycles. The highest BCUT2D eigenvalue weighted by Crippen LogP contribution is 2.28. The van der Waals surface area contributed by atoms with Gasteiger partial charge in [-0.05, 0) is 41.3 Å². The molecule has 0 atom stereocenters. The summed E-state index contributed by atoms with van der Waals surface area (Å²) in [6.45, 7) is 2.11. The van der Waals surface area contributed by atoms with Gasteiger partial charge in [0, 0.05) is 11.9 Å². The van der Waals surface area contributed by atoms with E-state index in [1.165, 1.54) is 16.0 Å². The van der Waals surface area contributed by atoms with E-state index in [-0.39, 0.29) is 0 Å². The van der Waals surface area contributed by atoms with Crippen molar-refractivity contribution in [3.8, 4) is 0 Å². The molecule has 1 aromatic carbocycles. The van der Waals surface area contributed by atoms with Crippen LogP contribution in [0, 0.1) is 6.92 Å². The molecule has 2 aromatic rings.